The number of alkyl carbamates (subject to hydrolysis) is 1. The van der Waals surface area contributed by atoms with E-state index in [2.05, 4.69) is 5.32 Å². The summed E-state index contributed by atoms with van der Waals surface area (Å²) in [4.78, 5) is 37.8. The summed E-state index contributed by atoms with van der Waals surface area (Å²) in [6.07, 6.45) is -0.775. The lowest BCUT2D eigenvalue weighted by molar-refractivity contribution is -0.161. The fourth-order valence-electron chi connectivity index (χ4n) is 3.63. The molecule has 1 aromatic rings. The van der Waals surface area contributed by atoms with E-state index in [9.17, 15) is 36.0 Å². The Labute approximate surface area is 208 Å². The number of hydrogen-bond donors (Lipinski definition) is 1. The van der Waals surface area contributed by atoms with Crippen molar-refractivity contribution in [1.82, 2.24) is 19.6 Å². The fraction of sp³-hybridized carbons (Fsp3) is 0.591. The van der Waals surface area contributed by atoms with Crippen LogP contribution in [0.2, 0.25) is 0 Å². The van der Waals surface area contributed by atoms with Gasteiger partial charge in [0.2, 0.25) is 21.8 Å². The first-order valence-electron chi connectivity index (χ1n) is 11.1. The number of carbonyl (C=O) groups is 3. The Morgan fingerprint density at radius 2 is 1.56 bits per heavy atom. The van der Waals surface area contributed by atoms with E-state index in [0.717, 1.165) is 20.6 Å². The first kappa shape index (κ1) is 29.4. The van der Waals surface area contributed by atoms with Gasteiger partial charge in [0.1, 0.15) is 11.4 Å². The quantitative estimate of drug-likeness (QED) is 0.555. The van der Waals surface area contributed by atoms with E-state index in [1.54, 1.807) is 20.8 Å². The summed E-state index contributed by atoms with van der Waals surface area (Å²) < 4.78 is 71.7. The number of sulfonamides is 1. The predicted molar refractivity (Wildman–Crippen MR) is 123 cm³/mol. The Bertz CT molecular complexity index is 1110. The standard InChI is InChI=1S/C22H31F3N4O6S/c1-14(30)28-8-6-27(36(5,33)34)7-9-29(28)20(31)12-16(26-21(32)35-22(2,3)4)10-15-11-18(24)19(25)13-17(15)23/h11,13,16H,6-10,12H2,1-5H3,(H,26,32)/t16-/m1/s1. The topological polar surface area (TPSA) is 116 Å². The minimum atomic E-state index is -3.58. The van der Waals surface area contributed by atoms with Crippen molar-refractivity contribution >= 4 is 27.9 Å². The zero-order valence-electron chi connectivity index (χ0n) is 20.8. The number of rotatable bonds is 6. The summed E-state index contributed by atoms with van der Waals surface area (Å²) in [5.74, 6) is -4.95. The van der Waals surface area contributed by atoms with Crippen LogP contribution in [-0.4, -0.2) is 84.7 Å². The number of nitrogens with zero attached hydrogens (tertiary/aromatic N) is 3. The third-order valence-electron chi connectivity index (χ3n) is 5.23. The molecule has 10 nitrogen and oxygen atoms in total. The molecule has 0 spiro atoms. The zero-order chi connectivity index (χ0) is 27.4. The molecular formula is C22H31F3N4O6S. The molecule has 1 aliphatic heterocycles. The maximum Gasteiger partial charge on any atom is 0.407 e. The molecule has 3 amide bonds. The number of amides is 3. The Morgan fingerprint density at radius 3 is 2.08 bits per heavy atom. The van der Waals surface area contributed by atoms with Crippen molar-refractivity contribution in [3.8, 4) is 0 Å². The lowest BCUT2D eigenvalue weighted by Crippen LogP contribution is -2.52. The van der Waals surface area contributed by atoms with Gasteiger partial charge in [-0.25, -0.2) is 26.4 Å². The van der Waals surface area contributed by atoms with Gasteiger partial charge in [0.25, 0.3) is 0 Å². The van der Waals surface area contributed by atoms with Crippen LogP contribution in [0.3, 0.4) is 0 Å². The molecule has 0 unspecified atom stereocenters. The van der Waals surface area contributed by atoms with E-state index < -0.39 is 69.9 Å². The average Bonchev–Trinajstić information content (AvgIpc) is 2.93. The van der Waals surface area contributed by atoms with Gasteiger partial charge in [-0.3, -0.25) is 19.6 Å². The first-order chi connectivity index (χ1) is 16.5. The molecule has 1 fully saturated rings. The molecule has 1 aromatic carbocycles. The van der Waals surface area contributed by atoms with Gasteiger partial charge >= 0.3 is 6.09 Å². The summed E-state index contributed by atoms with van der Waals surface area (Å²) in [5, 5.41) is 4.61. The predicted octanol–water partition coefficient (Wildman–Crippen LogP) is 1.80. The highest BCUT2D eigenvalue weighted by molar-refractivity contribution is 7.88. The molecule has 0 aromatic heterocycles. The summed E-state index contributed by atoms with van der Waals surface area (Å²) in [6, 6.07) is -0.130. The molecule has 1 atom stereocenters. The number of carbonyl (C=O) groups excluding carboxylic acids is 3. The number of nitrogens with one attached hydrogen (secondary N) is 1. The van der Waals surface area contributed by atoms with Gasteiger partial charge in [-0.1, -0.05) is 0 Å². The highest BCUT2D eigenvalue weighted by Gasteiger charge is 2.32. The number of halogens is 3. The van der Waals surface area contributed by atoms with Crippen LogP contribution in [0.25, 0.3) is 0 Å². The first-order valence-corrected chi connectivity index (χ1v) is 13.0. The molecule has 0 saturated carbocycles. The van der Waals surface area contributed by atoms with Crippen molar-refractivity contribution in [2.75, 3.05) is 32.4 Å². The molecule has 1 N–H and O–H groups in total. The molecular weight excluding hydrogens is 505 g/mol. The third-order valence-corrected chi connectivity index (χ3v) is 6.53. The summed E-state index contributed by atoms with van der Waals surface area (Å²) >= 11 is 0. The van der Waals surface area contributed by atoms with Crippen LogP contribution in [0.5, 0.6) is 0 Å². The van der Waals surface area contributed by atoms with Gasteiger partial charge in [-0.15, -0.1) is 0 Å². The molecule has 2 rings (SSSR count). The smallest absolute Gasteiger partial charge is 0.407 e. The van der Waals surface area contributed by atoms with Crippen molar-refractivity contribution in [3.63, 3.8) is 0 Å². The minimum Gasteiger partial charge on any atom is -0.444 e. The van der Waals surface area contributed by atoms with E-state index in [1.165, 1.54) is 6.92 Å². The Balaban J connectivity index is 2.30. The van der Waals surface area contributed by atoms with Crippen LogP contribution < -0.4 is 5.32 Å². The van der Waals surface area contributed by atoms with Crippen molar-refractivity contribution in [2.45, 2.75) is 52.2 Å². The lowest BCUT2D eigenvalue weighted by Gasteiger charge is -2.33. The van der Waals surface area contributed by atoms with Crippen LogP contribution in [0.15, 0.2) is 12.1 Å². The summed E-state index contributed by atoms with van der Waals surface area (Å²) in [6.45, 7) is 5.70. The van der Waals surface area contributed by atoms with E-state index in [1.807, 2.05) is 0 Å². The second-order valence-corrected chi connectivity index (χ2v) is 11.4. The molecule has 0 radical (unpaired) electrons. The maximum absolute atomic E-state index is 14.3. The normalized spacial score (nSPS) is 16.3. The Kier molecular flexibility index (Phi) is 9.34. The van der Waals surface area contributed by atoms with Crippen molar-refractivity contribution in [2.24, 2.45) is 0 Å². The van der Waals surface area contributed by atoms with Gasteiger partial charge in [0, 0.05) is 38.5 Å². The van der Waals surface area contributed by atoms with E-state index in [4.69, 9.17) is 4.74 Å². The van der Waals surface area contributed by atoms with Gasteiger partial charge in [0.05, 0.1) is 19.3 Å². The van der Waals surface area contributed by atoms with Crippen LogP contribution >= 0.6 is 0 Å². The third kappa shape index (κ3) is 8.36. The van der Waals surface area contributed by atoms with Crippen LogP contribution in [0, 0.1) is 17.5 Å². The summed E-state index contributed by atoms with van der Waals surface area (Å²) in [5.41, 5.74) is -1.18. The maximum atomic E-state index is 14.3. The SMILES string of the molecule is CC(=O)N1CCN(S(C)(=O)=O)CCN1C(=O)C[C@@H](Cc1cc(F)c(F)cc1F)NC(=O)OC(C)(C)C. The average molecular weight is 537 g/mol. The number of ether oxygens (including phenoxy) is 1. The van der Waals surface area contributed by atoms with Crippen LogP contribution in [-0.2, 0) is 30.8 Å². The monoisotopic (exact) mass is 536 g/mol. The van der Waals surface area contributed by atoms with Crippen molar-refractivity contribution in [1.29, 1.82) is 0 Å². The van der Waals surface area contributed by atoms with Gasteiger partial charge in [-0.2, -0.15) is 4.31 Å². The highest BCUT2D eigenvalue weighted by Crippen LogP contribution is 2.19. The van der Waals surface area contributed by atoms with E-state index >= 15 is 0 Å². The molecule has 0 aliphatic carbocycles. The molecule has 0 bridgehead atoms. The van der Waals surface area contributed by atoms with Gasteiger partial charge in [0.15, 0.2) is 11.6 Å². The van der Waals surface area contributed by atoms with E-state index in [-0.39, 0.29) is 31.7 Å². The lowest BCUT2D eigenvalue weighted by atomic mass is 10.0. The van der Waals surface area contributed by atoms with Gasteiger partial charge in [-0.05, 0) is 38.8 Å². The number of hydrazine groups is 1. The summed E-state index contributed by atoms with van der Waals surface area (Å²) in [7, 11) is -3.58. The second kappa shape index (κ2) is 11.5. The molecule has 36 heavy (non-hydrogen) atoms. The molecule has 1 heterocycles. The molecule has 1 saturated heterocycles. The van der Waals surface area contributed by atoms with E-state index in [0.29, 0.717) is 12.1 Å². The number of hydrogen-bond acceptors (Lipinski definition) is 6. The minimum absolute atomic E-state index is 0.0259. The van der Waals surface area contributed by atoms with Crippen molar-refractivity contribution < 1.29 is 40.7 Å². The molecule has 202 valence electrons. The van der Waals surface area contributed by atoms with Gasteiger partial charge < -0.3 is 10.1 Å². The fourth-order valence-corrected chi connectivity index (χ4v) is 4.46. The van der Waals surface area contributed by atoms with Crippen LogP contribution in [0.1, 0.15) is 39.7 Å². The van der Waals surface area contributed by atoms with Crippen LogP contribution in [0.4, 0.5) is 18.0 Å². The molecule has 14 heteroatoms. The Hall–Kier alpha value is -2.87. The second-order valence-electron chi connectivity index (χ2n) is 9.43. The van der Waals surface area contributed by atoms with Crippen molar-refractivity contribution in [3.05, 3.63) is 35.1 Å². The highest BCUT2D eigenvalue weighted by atomic mass is 32.2. The molecule has 1 aliphatic rings. The largest absolute Gasteiger partial charge is 0.444 e. The zero-order valence-corrected chi connectivity index (χ0v) is 21.6. The number of benzene rings is 1. The Morgan fingerprint density at radius 1 is 1.00 bits per heavy atom.